The zero-order valence-corrected chi connectivity index (χ0v) is 8.85. The Morgan fingerprint density at radius 1 is 1.33 bits per heavy atom. The SMILES string of the molecule is O=c1oc2ccc(Br)cc2cc1[N+](=O)[O-]. The van der Waals surface area contributed by atoms with Gasteiger partial charge in [-0.15, -0.1) is 0 Å². The Labute approximate surface area is 91.6 Å². The molecule has 15 heavy (non-hydrogen) atoms. The number of fused-ring (bicyclic) bond motifs is 1. The minimum Gasteiger partial charge on any atom is -0.418 e. The van der Waals surface area contributed by atoms with E-state index in [9.17, 15) is 14.9 Å². The molecule has 2 rings (SSSR count). The van der Waals surface area contributed by atoms with Crippen molar-refractivity contribution in [2.75, 3.05) is 0 Å². The van der Waals surface area contributed by atoms with Gasteiger partial charge in [-0.05, 0) is 18.2 Å². The molecule has 0 aliphatic rings. The standard InChI is InChI=1S/C9H4BrNO4/c10-6-1-2-8-5(3-6)4-7(11(13)14)9(12)15-8/h1-4H. The third kappa shape index (κ3) is 1.75. The minimum atomic E-state index is -0.935. The van der Waals surface area contributed by atoms with Crippen molar-refractivity contribution >= 4 is 32.6 Å². The van der Waals surface area contributed by atoms with Gasteiger partial charge in [0.1, 0.15) is 5.58 Å². The van der Waals surface area contributed by atoms with Crippen LogP contribution in [0.5, 0.6) is 0 Å². The molecule has 0 aliphatic heterocycles. The molecule has 0 N–H and O–H groups in total. The average molecular weight is 270 g/mol. The fraction of sp³-hybridized carbons (Fsp3) is 0. The lowest BCUT2D eigenvalue weighted by molar-refractivity contribution is -0.387. The first-order valence-electron chi connectivity index (χ1n) is 3.96. The van der Waals surface area contributed by atoms with E-state index in [0.717, 1.165) is 4.47 Å². The Hall–Kier alpha value is -1.69. The van der Waals surface area contributed by atoms with Gasteiger partial charge in [-0.25, -0.2) is 4.79 Å². The molecule has 0 fully saturated rings. The van der Waals surface area contributed by atoms with E-state index in [2.05, 4.69) is 15.9 Å². The maximum absolute atomic E-state index is 11.1. The first-order chi connectivity index (χ1) is 7.08. The lowest BCUT2D eigenvalue weighted by atomic mass is 10.2. The Morgan fingerprint density at radius 3 is 2.73 bits per heavy atom. The number of nitro groups is 1. The van der Waals surface area contributed by atoms with Crippen molar-refractivity contribution < 1.29 is 9.34 Å². The highest BCUT2D eigenvalue weighted by Gasteiger charge is 2.15. The van der Waals surface area contributed by atoms with Gasteiger partial charge in [-0.3, -0.25) is 10.1 Å². The van der Waals surface area contributed by atoms with Crippen LogP contribution in [0, 0.1) is 10.1 Å². The third-order valence-corrected chi connectivity index (χ3v) is 2.37. The molecule has 5 nitrogen and oxygen atoms in total. The highest BCUT2D eigenvalue weighted by molar-refractivity contribution is 9.10. The Bertz CT molecular complexity index is 605. The summed E-state index contributed by atoms with van der Waals surface area (Å²) in [7, 11) is 0. The Kier molecular flexibility index (Phi) is 2.28. The largest absolute Gasteiger partial charge is 0.418 e. The number of hydrogen-bond donors (Lipinski definition) is 0. The van der Waals surface area contributed by atoms with Gasteiger partial charge in [0, 0.05) is 15.9 Å². The minimum absolute atomic E-state index is 0.328. The van der Waals surface area contributed by atoms with Crippen LogP contribution in [0.25, 0.3) is 11.0 Å². The number of rotatable bonds is 1. The van der Waals surface area contributed by atoms with E-state index in [1.165, 1.54) is 6.07 Å². The van der Waals surface area contributed by atoms with Crippen molar-refractivity contribution in [3.8, 4) is 0 Å². The second-order valence-electron chi connectivity index (χ2n) is 2.86. The molecule has 0 spiro atoms. The van der Waals surface area contributed by atoms with E-state index >= 15 is 0 Å². The fourth-order valence-electron chi connectivity index (χ4n) is 1.21. The van der Waals surface area contributed by atoms with E-state index in [-0.39, 0.29) is 0 Å². The normalized spacial score (nSPS) is 10.5. The molecule has 2 aromatic rings. The van der Waals surface area contributed by atoms with Gasteiger partial charge in [0.05, 0.1) is 4.92 Å². The smallest absolute Gasteiger partial charge is 0.415 e. The van der Waals surface area contributed by atoms with Crippen molar-refractivity contribution in [2.45, 2.75) is 0 Å². The van der Waals surface area contributed by atoms with Crippen LogP contribution in [-0.4, -0.2) is 4.92 Å². The van der Waals surface area contributed by atoms with Gasteiger partial charge >= 0.3 is 11.3 Å². The maximum atomic E-state index is 11.1. The predicted octanol–water partition coefficient (Wildman–Crippen LogP) is 2.46. The van der Waals surface area contributed by atoms with Crippen molar-refractivity contribution in [3.05, 3.63) is 49.3 Å². The van der Waals surface area contributed by atoms with Gasteiger partial charge in [0.2, 0.25) is 0 Å². The number of benzene rings is 1. The molecule has 0 aliphatic carbocycles. The van der Waals surface area contributed by atoms with Crippen LogP contribution in [0.1, 0.15) is 0 Å². The summed E-state index contributed by atoms with van der Waals surface area (Å²) in [6.45, 7) is 0. The van der Waals surface area contributed by atoms with Crippen LogP contribution < -0.4 is 5.63 Å². The summed E-state index contributed by atoms with van der Waals surface area (Å²) < 4.78 is 5.55. The van der Waals surface area contributed by atoms with Crippen LogP contribution in [0.4, 0.5) is 5.69 Å². The van der Waals surface area contributed by atoms with Crippen molar-refractivity contribution in [2.24, 2.45) is 0 Å². The van der Waals surface area contributed by atoms with Gasteiger partial charge < -0.3 is 4.42 Å². The van der Waals surface area contributed by atoms with E-state index in [1.807, 2.05) is 0 Å². The quantitative estimate of drug-likeness (QED) is 0.453. The molecular formula is C9H4BrNO4. The topological polar surface area (TPSA) is 73.3 Å². The highest BCUT2D eigenvalue weighted by atomic mass is 79.9. The second-order valence-corrected chi connectivity index (χ2v) is 3.77. The van der Waals surface area contributed by atoms with E-state index in [1.54, 1.807) is 18.2 Å². The lowest BCUT2D eigenvalue weighted by Crippen LogP contribution is -2.05. The molecule has 1 aromatic carbocycles. The number of hydrogen-bond acceptors (Lipinski definition) is 4. The number of halogens is 1. The monoisotopic (exact) mass is 269 g/mol. The Balaban J connectivity index is 2.83. The van der Waals surface area contributed by atoms with Crippen LogP contribution in [0.2, 0.25) is 0 Å². The summed E-state index contributed by atoms with van der Waals surface area (Å²) in [5.41, 5.74) is -1.16. The fourth-order valence-corrected chi connectivity index (χ4v) is 1.59. The molecule has 0 radical (unpaired) electrons. The molecule has 1 aromatic heterocycles. The number of nitrogens with zero attached hydrogens (tertiary/aromatic N) is 1. The van der Waals surface area contributed by atoms with Crippen molar-refractivity contribution in [1.82, 2.24) is 0 Å². The zero-order valence-electron chi connectivity index (χ0n) is 7.27. The second kappa shape index (κ2) is 3.47. The van der Waals surface area contributed by atoms with E-state index in [4.69, 9.17) is 4.42 Å². The summed E-state index contributed by atoms with van der Waals surface area (Å²) in [5, 5.41) is 11.0. The molecule has 0 saturated heterocycles. The first kappa shape index (κ1) is 9.85. The summed E-state index contributed by atoms with van der Waals surface area (Å²) in [6, 6.07) is 6.11. The molecule has 0 unspecified atom stereocenters. The van der Waals surface area contributed by atoms with E-state index in [0.29, 0.717) is 11.0 Å². The van der Waals surface area contributed by atoms with Gasteiger partial charge in [-0.1, -0.05) is 15.9 Å². The first-order valence-corrected chi connectivity index (χ1v) is 4.75. The van der Waals surface area contributed by atoms with Crippen LogP contribution >= 0.6 is 15.9 Å². The maximum Gasteiger partial charge on any atom is 0.415 e. The van der Waals surface area contributed by atoms with Crippen molar-refractivity contribution in [3.63, 3.8) is 0 Å². The molecule has 0 amide bonds. The molecule has 0 atom stereocenters. The molecule has 6 heteroatoms. The van der Waals surface area contributed by atoms with Crippen LogP contribution in [-0.2, 0) is 0 Å². The summed E-state index contributed by atoms with van der Waals surface area (Å²) in [4.78, 5) is 20.9. The van der Waals surface area contributed by atoms with Gasteiger partial charge in [0.15, 0.2) is 0 Å². The highest BCUT2D eigenvalue weighted by Crippen LogP contribution is 2.21. The van der Waals surface area contributed by atoms with Crippen molar-refractivity contribution in [1.29, 1.82) is 0 Å². The van der Waals surface area contributed by atoms with Gasteiger partial charge in [0.25, 0.3) is 0 Å². The molecule has 76 valence electrons. The van der Waals surface area contributed by atoms with Crippen LogP contribution in [0.3, 0.4) is 0 Å². The van der Waals surface area contributed by atoms with Gasteiger partial charge in [-0.2, -0.15) is 0 Å². The molecule has 0 bridgehead atoms. The van der Waals surface area contributed by atoms with Crippen LogP contribution in [0.15, 0.2) is 37.9 Å². The summed E-state index contributed by atoms with van der Waals surface area (Å²) in [6.07, 6.45) is 0. The zero-order chi connectivity index (χ0) is 11.0. The summed E-state index contributed by atoms with van der Waals surface area (Å²) in [5.74, 6) is 0. The molecule has 1 heterocycles. The van der Waals surface area contributed by atoms with E-state index < -0.39 is 16.2 Å². The Morgan fingerprint density at radius 2 is 2.07 bits per heavy atom. The summed E-state index contributed by atoms with van der Waals surface area (Å²) >= 11 is 3.22. The average Bonchev–Trinajstić information content (AvgIpc) is 2.17. The predicted molar refractivity (Wildman–Crippen MR) is 56.8 cm³/mol. The molecular weight excluding hydrogens is 266 g/mol. The molecule has 0 saturated carbocycles. The third-order valence-electron chi connectivity index (χ3n) is 1.87. The lowest BCUT2D eigenvalue weighted by Gasteiger charge is -1.96.